The summed E-state index contributed by atoms with van der Waals surface area (Å²) in [6, 6.07) is 5.68. The van der Waals surface area contributed by atoms with Crippen molar-refractivity contribution < 1.29 is 19.0 Å². The van der Waals surface area contributed by atoms with E-state index in [9.17, 15) is 4.79 Å². The maximum Gasteiger partial charge on any atom is 0.248 e. The maximum atomic E-state index is 12.3. The van der Waals surface area contributed by atoms with E-state index in [0.29, 0.717) is 36.1 Å². The summed E-state index contributed by atoms with van der Waals surface area (Å²) in [6.07, 6.45) is 6.52. The molecule has 29 heavy (non-hydrogen) atoms. The molecule has 0 atom stereocenters. The predicted octanol–water partition coefficient (Wildman–Crippen LogP) is 3.44. The van der Waals surface area contributed by atoms with Gasteiger partial charge in [0.1, 0.15) is 13.2 Å². The number of hydrogen-bond acceptors (Lipinski definition) is 6. The second-order valence-corrected chi connectivity index (χ2v) is 6.89. The van der Waals surface area contributed by atoms with Crippen LogP contribution in [0.4, 0.5) is 5.69 Å². The van der Waals surface area contributed by atoms with Crippen LogP contribution in [0.25, 0.3) is 17.1 Å². The number of nitrogens with zero attached hydrogens (tertiary/aromatic N) is 3. The lowest BCUT2D eigenvalue weighted by Gasteiger charge is -2.20. The summed E-state index contributed by atoms with van der Waals surface area (Å²) < 4.78 is 18.4. The number of benzene rings is 1. The van der Waals surface area contributed by atoms with Crippen molar-refractivity contribution in [2.75, 3.05) is 25.6 Å². The van der Waals surface area contributed by atoms with Gasteiger partial charge in [-0.25, -0.2) is 9.67 Å². The van der Waals surface area contributed by atoms with Crippen molar-refractivity contribution in [2.24, 2.45) is 0 Å². The van der Waals surface area contributed by atoms with Gasteiger partial charge in [0.05, 0.1) is 25.2 Å². The van der Waals surface area contributed by atoms with Crippen molar-refractivity contribution in [3.63, 3.8) is 0 Å². The molecular formula is C21H22N4O4. The fraction of sp³-hybridized carbons (Fsp3) is 0.286. The van der Waals surface area contributed by atoms with Crippen LogP contribution in [0.1, 0.15) is 25.5 Å². The van der Waals surface area contributed by atoms with Crippen LogP contribution in [0.2, 0.25) is 0 Å². The highest BCUT2D eigenvalue weighted by Gasteiger charge is 2.17. The van der Waals surface area contributed by atoms with E-state index in [-0.39, 0.29) is 11.9 Å². The number of anilines is 1. The van der Waals surface area contributed by atoms with Crippen LogP contribution in [-0.4, -0.2) is 41.0 Å². The Balaban J connectivity index is 1.50. The van der Waals surface area contributed by atoms with Gasteiger partial charge in [-0.2, -0.15) is 5.10 Å². The van der Waals surface area contributed by atoms with E-state index in [0.717, 1.165) is 16.6 Å². The van der Waals surface area contributed by atoms with Crippen molar-refractivity contribution >= 4 is 28.7 Å². The lowest BCUT2D eigenvalue weighted by Crippen LogP contribution is -2.16. The molecule has 0 bridgehead atoms. The topological polar surface area (TPSA) is 87.5 Å². The zero-order valence-electron chi connectivity index (χ0n) is 16.5. The molecule has 3 heterocycles. The number of fused-ring (bicyclic) bond motifs is 2. The second kappa shape index (κ2) is 7.83. The molecule has 4 rings (SSSR count). The van der Waals surface area contributed by atoms with Crippen LogP contribution >= 0.6 is 0 Å². The van der Waals surface area contributed by atoms with Crippen LogP contribution in [-0.2, 0) is 4.79 Å². The highest BCUT2D eigenvalue weighted by atomic mass is 16.6. The van der Waals surface area contributed by atoms with Crippen LogP contribution in [0.15, 0.2) is 36.7 Å². The van der Waals surface area contributed by atoms with Crippen LogP contribution < -0.4 is 19.5 Å². The van der Waals surface area contributed by atoms with Gasteiger partial charge in [-0.05, 0) is 43.7 Å². The summed E-state index contributed by atoms with van der Waals surface area (Å²) in [5, 5.41) is 8.03. The smallest absolute Gasteiger partial charge is 0.248 e. The number of rotatable bonds is 5. The van der Waals surface area contributed by atoms with Crippen molar-refractivity contribution in [2.45, 2.75) is 19.9 Å². The molecule has 1 amide bonds. The molecule has 3 aromatic rings. The molecule has 1 N–H and O–H groups in total. The first-order chi connectivity index (χ1) is 14.0. The van der Waals surface area contributed by atoms with E-state index in [1.165, 1.54) is 6.08 Å². The van der Waals surface area contributed by atoms with Crippen LogP contribution in [0, 0.1) is 0 Å². The van der Waals surface area contributed by atoms with Gasteiger partial charge < -0.3 is 19.5 Å². The fourth-order valence-electron chi connectivity index (χ4n) is 3.13. The molecule has 1 aliphatic rings. The lowest BCUT2D eigenvalue weighted by atomic mass is 10.1. The summed E-state index contributed by atoms with van der Waals surface area (Å²) in [7, 11) is 1.57. The normalized spacial score (nSPS) is 13.2. The minimum atomic E-state index is -0.267. The third-order valence-electron chi connectivity index (χ3n) is 4.47. The Morgan fingerprint density at radius 3 is 2.86 bits per heavy atom. The molecule has 0 spiro atoms. The molecule has 0 radical (unpaired) electrons. The molecule has 0 saturated heterocycles. The zero-order valence-corrected chi connectivity index (χ0v) is 16.5. The van der Waals surface area contributed by atoms with Gasteiger partial charge in [-0.15, -0.1) is 0 Å². The number of methoxy groups -OCH3 is 1. The number of hydrogen-bond donors (Lipinski definition) is 1. The Kier molecular flexibility index (Phi) is 5.07. The first-order valence-electron chi connectivity index (χ1n) is 9.35. The first-order valence-corrected chi connectivity index (χ1v) is 9.35. The van der Waals surface area contributed by atoms with E-state index < -0.39 is 0 Å². The van der Waals surface area contributed by atoms with E-state index >= 15 is 0 Å². The van der Waals surface area contributed by atoms with Crippen molar-refractivity contribution in [3.05, 3.63) is 42.2 Å². The number of pyridine rings is 1. The number of ether oxygens (including phenoxy) is 3. The third-order valence-corrected chi connectivity index (χ3v) is 4.47. The average molecular weight is 394 g/mol. The third kappa shape index (κ3) is 3.87. The van der Waals surface area contributed by atoms with Gasteiger partial charge in [0, 0.05) is 17.5 Å². The summed E-state index contributed by atoms with van der Waals surface area (Å²) in [6.45, 7) is 5.05. The minimum Gasteiger partial charge on any atom is -0.493 e. The van der Waals surface area contributed by atoms with Crippen molar-refractivity contribution in [3.8, 4) is 17.2 Å². The lowest BCUT2D eigenvalue weighted by molar-refractivity contribution is -0.111. The molecule has 0 aliphatic carbocycles. The maximum absolute atomic E-state index is 12.3. The number of amides is 1. The molecule has 0 fully saturated rings. The van der Waals surface area contributed by atoms with Crippen LogP contribution in [0.3, 0.4) is 0 Å². The average Bonchev–Trinajstić information content (AvgIpc) is 3.15. The molecule has 150 valence electrons. The summed E-state index contributed by atoms with van der Waals surface area (Å²) in [4.78, 5) is 16.8. The standard InChI is InChI=1S/C21H22N4O4/c1-13(2)25-21-15(11-23-25)10-16(12-22-21)24-19(26)5-4-14-8-17(27-3)20-18(9-14)28-6-7-29-20/h4-5,8-13H,6-7H2,1-3H3,(H,24,26)/b5-4+. The fourth-order valence-corrected chi connectivity index (χ4v) is 3.13. The monoisotopic (exact) mass is 394 g/mol. The first kappa shape index (κ1) is 18.8. The molecule has 0 unspecified atom stereocenters. The molecular weight excluding hydrogens is 372 g/mol. The number of nitrogens with one attached hydrogen (secondary N) is 1. The predicted molar refractivity (Wildman–Crippen MR) is 110 cm³/mol. The van der Waals surface area contributed by atoms with Crippen molar-refractivity contribution in [1.29, 1.82) is 0 Å². The SMILES string of the molecule is COc1cc(/C=C/C(=O)Nc2cnc3c(cnn3C(C)C)c2)cc2c1OCCO2. The molecule has 0 saturated carbocycles. The Morgan fingerprint density at radius 1 is 1.24 bits per heavy atom. The second-order valence-electron chi connectivity index (χ2n) is 6.89. The highest BCUT2D eigenvalue weighted by Crippen LogP contribution is 2.40. The van der Waals surface area contributed by atoms with Gasteiger partial charge >= 0.3 is 0 Å². The quantitative estimate of drug-likeness (QED) is 0.667. The zero-order chi connectivity index (χ0) is 20.4. The van der Waals surface area contributed by atoms with Crippen LogP contribution in [0.5, 0.6) is 17.2 Å². The number of aromatic nitrogens is 3. The Morgan fingerprint density at radius 2 is 2.07 bits per heavy atom. The van der Waals surface area contributed by atoms with E-state index in [2.05, 4.69) is 15.4 Å². The Hall–Kier alpha value is -3.55. The summed E-state index contributed by atoms with van der Waals surface area (Å²) >= 11 is 0. The highest BCUT2D eigenvalue weighted by molar-refractivity contribution is 6.02. The molecule has 8 nitrogen and oxygen atoms in total. The van der Waals surface area contributed by atoms with Gasteiger partial charge in [-0.3, -0.25) is 4.79 Å². The van der Waals surface area contributed by atoms with E-state index in [4.69, 9.17) is 14.2 Å². The number of carbonyl (C=O) groups excluding carboxylic acids is 1. The van der Waals surface area contributed by atoms with Gasteiger partial charge in [-0.1, -0.05) is 0 Å². The largest absolute Gasteiger partial charge is 0.493 e. The Labute approximate surface area is 168 Å². The summed E-state index contributed by atoms with van der Waals surface area (Å²) in [5.74, 6) is 1.49. The Bertz CT molecular complexity index is 1070. The molecule has 8 heteroatoms. The molecule has 1 aliphatic heterocycles. The van der Waals surface area contributed by atoms with Gasteiger partial charge in [0.25, 0.3) is 0 Å². The number of carbonyl (C=O) groups is 1. The van der Waals surface area contributed by atoms with Gasteiger partial charge in [0.2, 0.25) is 11.7 Å². The van der Waals surface area contributed by atoms with E-state index in [1.54, 1.807) is 31.6 Å². The van der Waals surface area contributed by atoms with Gasteiger partial charge in [0.15, 0.2) is 17.1 Å². The molecule has 1 aromatic carbocycles. The van der Waals surface area contributed by atoms with Crippen molar-refractivity contribution in [1.82, 2.24) is 14.8 Å². The summed E-state index contributed by atoms with van der Waals surface area (Å²) in [5.41, 5.74) is 2.17. The molecule has 2 aromatic heterocycles. The minimum absolute atomic E-state index is 0.214. The van der Waals surface area contributed by atoms with E-state index in [1.807, 2.05) is 30.7 Å².